The maximum Gasteiger partial charge on any atom is 0.144 e. The van der Waals surface area contributed by atoms with E-state index >= 15 is 0 Å². The molecule has 1 fully saturated rings. The summed E-state index contributed by atoms with van der Waals surface area (Å²) in [7, 11) is -1.33. The Bertz CT molecular complexity index is 3390. The molecular weight excluding hydrogens is 1110 g/mol. The molecule has 1 radical (unpaired) electrons. The van der Waals surface area contributed by atoms with Gasteiger partial charge in [-0.05, 0) is 130 Å². The Hall–Kier alpha value is -6.56. The zero-order valence-corrected chi connectivity index (χ0v) is 48.4. The number of hydrogen-bond acceptors (Lipinski definition) is 4. The van der Waals surface area contributed by atoms with Gasteiger partial charge >= 0.3 is 0 Å². The summed E-state index contributed by atoms with van der Waals surface area (Å²) < 4.78 is 6.60. The fourth-order valence-electron chi connectivity index (χ4n) is 10.6. The van der Waals surface area contributed by atoms with Crippen LogP contribution >= 0.6 is 0 Å². The number of rotatable bonds is 12. The Labute approximate surface area is 461 Å². The van der Waals surface area contributed by atoms with Crippen LogP contribution in [0.25, 0.3) is 78.0 Å². The van der Waals surface area contributed by atoms with E-state index in [1.807, 2.05) is 30.6 Å². The number of nitrogens with zero attached hydrogens (tertiary/aromatic N) is 3. The minimum atomic E-state index is -1.33. The van der Waals surface area contributed by atoms with Crippen molar-refractivity contribution in [3.63, 3.8) is 0 Å². The quantitative estimate of drug-likeness (QED) is 0.114. The molecular formula is C69H73IrN3OSi. The van der Waals surface area contributed by atoms with E-state index in [1.165, 1.54) is 81.8 Å². The molecule has 0 atom stereocenters. The van der Waals surface area contributed by atoms with E-state index in [0.717, 1.165) is 75.3 Å². The Kier molecular flexibility index (Phi) is 18.8. The third-order valence-corrected chi connectivity index (χ3v) is 16.3. The number of hydrogen-bond donors (Lipinski definition) is 0. The van der Waals surface area contributed by atoms with Crippen molar-refractivity contribution in [2.75, 3.05) is 0 Å². The molecule has 0 bridgehead atoms. The van der Waals surface area contributed by atoms with E-state index in [-0.39, 0.29) is 20.1 Å². The van der Waals surface area contributed by atoms with Gasteiger partial charge < -0.3 is 4.42 Å². The van der Waals surface area contributed by atoms with Crippen LogP contribution in [-0.4, -0.2) is 23.0 Å². The topological polar surface area (TPSA) is 51.8 Å². The number of benzene rings is 6. The number of pyridine rings is 3. The van der Waals surface area contributed by atoms with Crippen LogP contribution in [0.3, 0.4) is 0 Å². The summed E-state index contributed by atoms with van der Waals surface area (Å²) in [6, 6.07) is 64.1. The molecule has 1 aliphatic carbocycles. The van der Waals surface area contributed by atoms with Crippen molar-refractivity contribution in [3.8, 4) is 56.0 Å². The summed E-state index contributed by atoms with van der Waals surface area (Å²) in [6.07, 6.45) is 16.3. The molecule has 11 rings (SSSR count). The molecule has 0 saturated heterocycles. The zero-order chi connectivity index (χ0) is 51.4. The van der Waals surface area contributed by atoms with E-state index in [0.29, 0.717) is 11.8 Å². The molecule has 0 amide bonds. The van der Waals surface area contributed by atoms with Crippen molar-refractivity contribution in [1.29, 1.82) is 0 Å². The molecule has 383 valence electrons. The first-order chi connectivity index (χ1) is 36.0. The van der Waals surface area contributed by atoms with Gasteiger partial charge in [-0.15, -0.1) is 0 Å². The molecule has 6 heteroatoms. The molecule has 4 aromatic heterocycles. The van der Waals surface area contributed by atoms with Crippen molar-refractivity contribution in [2.24, 2.45) is 17.8 Å². The second kappa shape index (κ2) is 25.8. The Balaban J connectivity index is 0.000000169. The van der Waals surface area contributed by atoms with Gasteiger partial charge in [0, 0.05) is 66.2 Å². The van der Waals surface area contributed by atoms with E-state index in [4.69, 9.17) is 14.4 Å². The van der Waals surface area contributed by atoms with Gasteiger partial charge in [-0.25, -0.2) is 0 Å². The van der Waals surface area contributed by atoms with Gasteiger partial charge in [0.05, 0.1) is 25.2 Å². The summed E-state index contributed by atoms with van der Waals surface area (Å²) in [6.45, 7) is 16.3. The van der Waals surface area contributed by atoms with Crippen LogP contribution in [-0.2, 0) is 39.4 Å². The molecule has 1 saturated carbocycles. The summed E-state index contributed by atoms with van der Waals surface area (Å²) in [5.74, 6) is 2.17. The predicted octanol–water partition coefficient (Wildman–Crippen LogP) is 18.5. The number of para-hydroxylation sites is 1. The first-order valence-electron chi connectivity index (χ1n) is 27.1. The number of aromatic nitrogens is 3. The fourth-order valence-corrected chi connectivity index (χ4v) is 12.2. The van der Waals surface area contributed by atoms with Gasteiger partial charge in [0.15, 0.2) is 0 Å². The fraction of sp³-hybridized carbons (Fsp3) is 0.261. The van der Waals surface area contributed by atoms with Crippen molar-refractivity contribution >= 4 is 35.2 Å². The molecule has 1 aliphatic rings. The normalized spacial score (nSPS) is 12.7. The van der Waals surface area contributed by atoms with Crippen LogP contribution in [0.4, 0.5) is 0 Å². The van der Waals surface area contributed by atoms with Crippen molar-refractivity contribution < 1.29 is 24.5 Å². The maximum absolute atomic E-state index is 6.60. The minimum Gasteiger partial charge on any atom is -0.455 e. The van der Waals surface area contributed by atoms with Crippen LogP contribution < -0.4 is 5.19 Å². The molecule has 4 nitrogen and oxygen atoms in total. The van der Waals surface area contributed by atoms with Gasteiger partial charge in [-0.2, -0.15) is 0 Å². The Morgan fingerprint density at radius 2 is 1.03 bits per heavy atom. The monoisotopic (exact) mass is 1180 g/mol. The van der Waals surface area contributed by atoms with E-state index in [2.05, 4.69) is 222 Å². The third-order valence-electron chi connectivity index (χ3n) is 14.2. The number of furan rings is 1. The second-order valence-corrected chi connectivity index (χ2v) is 27.2. The first kappa shape index (κ1) is 54.7. The van der Waals surface area contributed by atoms with E-state index in [9.17, 15) is 0 Å². The van der Waals surface area contributed by atoms with E-state index < -0.39 is 8.07 Å². The summed E-state index contributed by atoms with van der Waals surface area (Å²) in [5.41, 5.74) is 17.5. The predicted molar refractivity (Wildman–Crippen MR) is 318 cm³/mol. The Morgan fingerprint density at radius 1 is 0.480 bits per heavy atom. The average Bonchev–Trinajstić information content (AvgIpc) is 3.81. The largest absolute Gasteiger partial charge is 0.455 e. The van der Waals surface area contributed by atoms with Crippen LogP contribution in [0.15, 0.2) is 205 Å². The van der Waals surface area contributed by atoms with Gasteiger partial charge in [-0.3, -0.25) is 15.0 Å². The second-order valence-electron chi connectivity index (χ2n) is 22.1. The van der Waals surface area contributed by atoms with Crippen molar-refractivity contribution in [2.45, 2.75) is 98.7 Å². The molecule has 0 unspecified atom stereocenters. The Morgan fingerprint density at radius 3 is 1.65 bits per heavy atom. The first-order valence-corrected chi connectivity index (χ1v) is 30.6. The van der Waals surface area contributed by atoms with E-state index in [1.54, 1.807) is 0 Å². The van der Waals surface area contributed by atoms with Gasteiger partial charge in [-0.1, -0.05) is 213 Å². The maximum atomic E-state index is 6.60. The summed E-state index contributed by atoms with van der Waals surface area (Å²) in [4.78, 5) is 13.9. The molecule has 75 heavy (non-hydrogen) atoms. The van der Waals surface area contributed by atoms with Crippen LogP contribution in [0.1, 0.15) is 76.5 Å². The van der Waals surface area contributed by atoms with Crippen molar-refractivity contribution in [3.05, 3.63) is 217 Å². The summed E-state index contributed by atoms with van der Waals surface area (Å²) >= 11 is 0. The molecule has 4 heterocycles. The SMILES string of the molecule is CC(C)Cc1cc(-c2ccccc2)ncc1[Si](C)(C)C.CC(C)Cc1ccnc(-c2ccccc2)c1.[Ir].c1ccc(-c2ccccc2-c2ccc3c(c2)oc2c(-c4cc(CC5CCCCC5)ccn4)cccc23)cc1. The smallest absolute Gasteiger partial charge is 0.144 e. The molecule has 0 N–H and O–H groups in total. The van der Waals surface area contributed by atoms with Gasteiger partial charge in [0.1, 0.15) is 11.2 Å². The average molecular weight is 1180 g/mol. The van der Waals surface area contributed by atoms with Crippen LogP contribution in [0, 0.1) is 17.8 Å². The van der Waals surface area contributed by atoms with Crippen LogP contribution in [0.5, 0.6) is 0 Å². The summed E-state index contributed by atoms with van der Waals surface area (Å²) in [5, 5.41) is 3.78. The zero-order valence-electron chi connectivity index (χ0n) is 45.0. The molecule has 0 aliphatic heterocycles. The van der Waals surface area contributed by atoms with Crippen LogP contribution in [0.2, 0.25) is 19.6 Å². The van der Waals surface area contributed by atoms with Gasteiger partial charge in [0.2, 0.25) is 0 Å². The van der Waals surface area contributed by atoms with Crippen molar-refractivity contribution in [1.82, 2.24) is 15.0 Å². The molecule has 0 spiro atoms. The molecule has 10 aromatic rings. The third kappa shape index (κ3) is 14.2. The van der Waals surface area contributed by atoms with Gasteiger partial charge in [0.25, 0.3) is 0 Å². The minimum absolute atomic E-state index is 0. The molecule has 6 aromatic carbocycles. The standard InChI is InChI=1S/C36H31NO.C18H25NSi.C15H17N.Ir/c1-3-10-25(11-4-1)22-26-20-21-37-34(23-26)33-17-9-16-32-31-19-18-28(24-35(31)38-36(32)33)30-15-8-7-14-29(30)27-12-5-2-6-13-27;1-14(2)11-16-12-17(15-9-7-6-8-10-15)19-13-18(16)20(3,4)5;1-12(2)10-13-8-9-16-15(11-13)14-6-4-3-5-7-14;/h2,5-9,12-21,23-25H,1,3-4,10-11,22H2;6-10,12-14H,11H2,1-5H3;3-9,11-12H,10H2,1-2H3;. The number of fused-ring (bicyclic) bond motifs is 3.